The van der Waals surface area contributed by atoms with Crippen molar-refractivity contribution in [1.29, 1.82) is 0 Å². The zero-order valence-electron chi connectivity index (χ0n) is 9.57. The minimum atomic E-state index is -0.582. The van der Waals surface area contributed by atoms with E-state index in [0.29, 0.717) is 0 Å². The van der Waals surface area contributed by atoms with Crippen LogP contribution in [0, 0.1) is 0 Å². The van der Waals surface area contributed by atoms with Crippen LogP contribution >= 0.6 is 11.6 Å². The van der Waals surface area contributed by atoms with Gasteiger partial charge in [-0.1, -0.05) is 0 Å². The molecule has 88 valence electrons. The summed E-state index contributed by atoms with van der Waals surface area (Å²) in [6.45, 7) is 5.32. The van der Waals surface area contributed by atoms with E-state index in [0.717, 1.165) is 0 Å². The van der Waals surface area contributed by atoms with Gasteiger partial charge in [-0.2, -0.15) is 4.98 Å². The Morgan fingerprint density at radius 3 is 2.56 bits per heavy atom. The highest BCUT2D eigenvalue weighted by atomic mass is 35.5. The Morgan fingerprint density at radius 2 is 2.06 bits per heavy atom. The van der Waals surface area contributed by atoms with Gasteiger partial charge in [0, 0.05) is 0 Å². The molecule has 0 aliphatic heterocycles. The number of hydrogen-bond acceptors (Lipinski definition) is 5. The largest absolute Gasteiger partial charge is 0.480 e. The van der Waals surface area contributed by atoms with Crippen molar-refractivity contribution < 1.29 is 14.3 Å². The van der Waals surface area contributed by atoms with E-state index in [1.807, 2.05) is 0 Å². The van der Waals surface area contributed by atoms with Gasteiger partial charge in [0.15, 0.2) is 0 Å². The summed E-state index contributed by atoms with van der Waals surface area (Å²) >= 11 is 5.58. The molecule has 0 saturated carbocycles. The number of carbonyl (C=O) groups is 1. The molecule has 0 saturated heterocycles. The molecule has 5 nitrogen and oxygen atoms in total. The topological polar surface area (TPSA) is 61.3 Å². The summed E-state index contributed by atoms with van der Waals surface area (Å²) < 4.78 is 10.1. The van der Waals surface area contributed by atoms with E-state index < -0.39 is 11.6 Å². The fraction of sp³-hybridized carbons (Fsp3) is 0.500. The van der Waals surface area contributed by atoms with E-state index in [2.05, 4.69) is 9.97 Å². The van der Waals surface area contributed by atoms with Crippen LogP contribution in [0.5, 0.6) is 5.88 Å². The van der Waals surface area contributed by atoms with E-state index in [1.54, 1.807) is 20.8 Å². The summed E-state index contributed by atoms with van der Waals surface area (Å²) in [5.74, 6) is -0.435. The van der Waals surface area contributed by atoms with Gasteiger partial charge in [-0.15, -0.1) is 0 Å². The Balaban J connectivity index is 2.99. The highest BCUT2D eigenvalue weighted by Gasteiger charge is 2.22. The van der Waals surface area contributed by atoms with Gasteiger partial charge in [0.1, 0.15) is 11.2 Å². The predicted octanol–water partition coefficient (Wildman–Crippen LogP) is 2.09. The molecule has 0 N–H and O–H groups in total. The molecule has 0 aliphatic rings. The van der Waals surface area contributed by atoms with E-state index in [-0.39, 0.29) is 16.7 Å². The second kappa shape index (κ2) is 4.65. The van der Waals surface area contributed by atoms with Gasteiger partial charge in [-0.25, -0.2) is 9.78 Å². The highest BCUT2D eigenvalue weighted by molar-refractivity contribution is 6.28. The standard InChI is InChI=1S/C10H13ClN2O3/c1-10(2,3)16-8(14)6-5-12-9(11)13-7(6)15-4/h5H,1-4H3. The van der Waals surface area contributed by atoms with Gasteiger partial charge in [-0.05, 0) is 32.4 Å². The molecular weight excluding hydrogens is 232 g/mol. The number of methoxy groups -OCH3 is 1. The lowest BCUT2D eigenvalue weighted by Crippen LogP contribution is -2.24. The van der Waals surface area contributed by atoms with Crippen molar-refractivity contribution in [2.75, 3.05) is 7.11 Å². The Labute approximate surface area is 98.8 Å². The van der Waals surface area contributed by atoms with Crippen LogP contribution < -0.4 is 4.74 Å². The van der Waals surface area contributed by atoms with Crippen molar-refractivity contribution in [3.63, 3.8) is 0 Å². The fourth-order valence-corrected chi connectivity index (χ4v) is 1.10. The summed E-state index contributed by atoms with van der Waals surface area (Å²) in [5, 5.41) is 0.0177. The number of esters is 1. The van der Waals surface area contributed by atoms with E-state index in [4.69, 9.17) is 21.1 Å². The fourth-order valence-electron chi connectivity index (χ4n) is 0.975. The molecule has 1 aromatic rings. The van der Waals surface area contributed by atoms with Crippen molar-refractivity contribution in [2.24, 2.45) is 0 Å². The van der Waals surface area contributed by atoms with Gasteiger partial charge in [0.25, 0.3) is 0 Å². The number of halogens is 1. The van der Waals surface area contributed by atoms with Crippen LogP contribution in [0.2, 0.25) is 5.28 Å². The second-order valence-corrected chi connectivity index (χ2v) is 4.40. The minimum absolute atomic E-state index is 0.0177. The maximum Gasteiger partial charge on any atom is 0.345 e. The molecule has 1 rings (SSSR count). The zero-order valence-corrected chi connectivity index (χ0v) is 10.3. The third-order valence-corrected chi connectivity index (χ3v) is 1.72. The third-order valence-electron chi connectivity index (χ3n) is 1.54. The van der Waals surface area contributed by atoms with Gasteiger partial charge in [0.05, 0.1) is 13.3 Å². The maximum absolute atomic E-state index is 11.7. The predicted molar refractivity (Wildman–Crippen MR) is 58.8 cm³/mol. The zero-order chi connectivity index (χ0) is 12.3. The first kappa shape index (κ1) is 12.7. The van der Waals surface area contributed by atoms with Crippen LogP contribution in [0.4, 0.5) is 0 Å². The second-order valence-electron chi connectivity index (χ2n) is 4.06. The third kappa shape index (κ3) is 3.34. The van der Waals surface area contributed by atoms with Crippen molar-refractivity contribution >= 4 is 17.6 Å². The maximum atomic E-state index is 11.7. The van der Waals surface area contributed by atoms with Crippen molar-refractivity contribution in [3.8, 4) is 5.88 Å². The molecule has 6 heteroatoms. The van der Waals surface area contributed by atoms with Gasteiger partial charge >= 0.3 is 5.97 Å². The molecule has 0 fully saturated rings. The van der Waals surface area contributed by atoms with Crippen LogP contribution in [0.25, 0.3) is 0 Å². The quantitative estimate of drug-likeness (QED) is 0.589. The molecule has 0 radical (unpaired) electrons. The first-order chi connectivity index (χ1) is 7.33. The molecule has 0 atom stereocenters. The van der Waals surface area contributed by atoms with Crippen molar-refractivity contribution in [3.05, 3.63) is 17.0 Å². The smallest absolute Gasteiger partial charge is 0.345 e. The van der Waals surface area contributed by atoms with Crippen molar-refractivity contribution in [2.45, 2.75) is 26.4 Å². The average molecular weight is 245 g/mol. The molecule has 0 amide bonds. The van der Waals surface area contributed by atoms with Crippen LogP contribution in [-0.4, -0.2) is 28.6 Å². The summed E-state index contributed by atoms with van der Waals surface area (Å²) in [4.78, 5) is 19.2. The van der Waals surface area contributed by atoms with Gasteiger partial charge in [-0.3, -0.25) is 0 Å². The van der Waals surface area contributed by atoms with Crippen molar-refractivity contribution in [1.82, 2.24) is 9.97 Å². The summed E-state index contributed by atoms with van der Waals surface area (Å²) in [6, 6.07) is 0. The number of rotatable bonds is 2. The van der Waals surface area contributed by atoms with Crippen LogP contribution in [-0.2, 0) is 4.74 Å². The number of carbonyl (C=O) groups excluding carboxylic acids is 1. The SMILES string of the molecule is COc1nc(Cl)ncc1C(=O)OC(C)(C)C. The number of hydrogen-bond donors (Lipinski definition) is 0. The molecule has 1 aromatic heterocycles. The molecule has 0 bridgehead atoms. The first-order valence-electron chi connectivity index (χ1n) is 4.63. The van der Waals surface area contributed by atoms with E-state index in [1.165, 1.54) is 13.3 Å². The Morgan fingerprint density at radius 1 is 1.44 bits per heavy atom. The van der Waals surface area contributed by atoms with Gasteiger partial charge < -0.3 is 9.47 Å². The Kier molecular flexibility index (Phi) is 3.70. The summed E-state index contributed by atoms with van der Waals surface area (Å²) in [7, 11) is 1.40. The van der Waals surface area contributed by atoms with E-state index >= 15 is 0 Å². The molecule has 0 aliphatic carbocycles. The molecule has 0 unspecified atom stereocenters. The van der Waals surface area contributed by atoms with E-state index in [9.17, 15) is 4.79 Å². The lowest BCUT2D eigenvalue weighted by atomic mass is 10.2. The minimum Gasteiger partial charge on any atom is -0.480 e. The number of aromatic nitrogens is 2. The molecule has 0 aromatic carbocycles. The lowest BCUT2D eigenvalue weighted by Gasteiger charge is -2.19. The van der Waals surface area contributed by atoms with Gasteiger partial charge in [0.2, 0.25) is 11.2 Å². The number of nitrogens with zero attached hydrogens (tertiary/aromatic N) is 2. The highest BCUT2D eigenvalue weighted by Crippen LogP contribution is 2.19. The number of ether oxygens (including phenoxy) is 2. The normalized spacial score (nSPS) is 11.1. The summed E-state index contributed by atoms with van der Waals surface area (Å²) in [5.41, 5.74) is -0.427. The van der Waals surface area contributed by atoms with Crippen LogP contribution in [0.3, 0.4) is 0 Å². The van der Waals surface area contributed by atoms with Crippen LogP contribution in [0.1, 0.15) is 31.1 Å². The Bertz CT molecular complexity index is 402. The molecule has 0 spiro atoms. The van der Waals surface area contributed by atoms with Crippen LogP contribution in [0.15, 0.2) is 6.20 Å². The summed E-state index contributed by atoms with van der Waals surface area (Å²) in [6.07, 6.45) is 1.28. The monoisotopic (exact) mass is 244 g/mol. The molecule has 1 heterocycles. The first-order valence-corrected chi connectivity index (χ1v) is 5.01. The lowest BCUT2D eigenvalue weighted by molar-refractivity contribution is 0.00652. The molecule has 16 heavy (non-hydrogen) atoms. The molecular formula is C10H13ClN2O3. The Hall–Kier alpha value is -1.36. The average Bonchev–Trinajstić information content (AvgIpc) is 2.14.